The lowest BCUT2D eigenvalue weighted by molar-refractivity contribution is 0.106. The van der Waals surface area contributed by atoms with E-state index in [1.807, 2.05) is 0 Å². The van der Waals surface area contributed by atoms with Crippen molar-refractivity contribution < 1.29 is 0 Å². The highest BCUT2D eigenvalue weighted by Gasteiger charge is 2.47. The highest BCUT2D eigenvalue weighted by atomic mass is 14.5. The Balaban J connectivity index is 2.12. The molecule has 0 nitrogen and oxygen atoms in total. The molecule has 2 aliphatic carbocycles. The Hall–Kier alpha value is -0.260. The third-order valence-corrected chi connectivity index (χ3v) is 7.75. The van der Waals surface area contributed by atoms with Gasteiger partial charge >= 0.3 is 0 Å². The molecule has 0 radical (unpaired) electrons. The maximum atomic E-state index is 4.31. The van der Waals surface area contributed by atoms with Crippen LogP contribution in [0.1, 0.15) is 92.9 Å². The Kier molecular flexibility index (Phi) is 6.42. The van der Waals surface area contributed by atoms with Crippen LogP contribution < -0.4 is 0 Å². The van der Waals surface area contributed by atoms with Gasteiger partial charge in [-0.2, -0.15) is 0 Å². The number of rotatable bonds is 7. The van der Waals surface area contributed by atoms with E-state index in [0.29, 0.717) is 5.41 Å². The SMILES string of the molecule is C=C(C)C(CC)C1CCC2C(CC)CC(CC(C)(C)CC)C2C1. The quantitative estimate of drug-likeness (QED) is 0.426. The molecule has 0 heterocycles. The van der Waals surface area contributed by atoms with Crippen molar-refractivity contribution in [2.45, 2.75) is 92.9 Å². The molecule has 134 valence electrons. The van der Waals surface area contributed by atoms with Crippen molar-refractivity contribution in [1.29, 1.82) is 0 Å². The van der Waals surface area contributed by atoms with E-state index >= 15 is 0 Å². The molecular formula is C23H42. The molecule has 0 N–H and O–H groups in total. The maximum Gasteiger partial charge on any atom is -0.0183 e. The van der Waals surface area contributed by atoms with Gasteiger partial charge < -0.3 is 0 Å². The highest BCUT2D eigenvalue weighted by Crippen LogP contribution is 2.56. The van der Waals surface area contributed by atoms with Crippen LogP contribution in [-0.4, -0.2) is 0 Å². The van der Waals surface area contributed by atoms with Gasteiger partial charge in [0.15, 0.2) is 0 Å². The van der Waals surface area contributed by atoms with Gasteiger partial charge in [0, 0.05) is 0 Å². The summed E-state index contributed by atoms with van der Waals surface area (Å²) in [4.78, 5) is 0. The third-order valence-electron chi connectivity index (χ3n) is 7.75. The van der Waals surface area contributed by atoms with Crippen LogP contribution in [0.25, 0.3) is 0 Å². The molecule has 2 saturated carbocycles. The first kappa shape index (κ1) is 19.1. The Morgan fingerprint density at radius 3 is 2.26 bits per heavy atom. The smallest absolute Gasteiger partial charge is 0.0183 e. The molecule has 2 rings (SSSR count). The zero-order valence-electron chi connectivity index (χ0n) is 16.8. The van der Waals surface area contributed by atoms with Crippen LogP contribution in [0.15, 0.2) is 12.2 Å². The molecular weight excluding hydrogens is 276 g/mol. The molecule has 0 bridgehead atoms. The first-order valence-electron chi connectivity index (χ1n) is 10.5. The minimum Gasteiger partial charge on any atom is -0.0999 e. The van der Waals surface area contributed by atoms with Crippen LogP contribution in [0.2, 0.25) is 0 Å². The van der Waals surface area contributed by atoms with Crippen molar-refractivity contribution in [2.75, 3.05) is 0 Å². The van der Waals surface area contributed by atoms with E-state index in [4.69, 9.17) is 0 Å². The summed E-state index contributed by atoms with van der Waals surface area (Å²) in [5, 5.41) is 0. The topological polar surface area (TPSA) is 0 Å². The lowest BCUT2D eigenvalue weighted by Crippen LogP contribution is -2.31. The summed E-state index contributed by atoms with van der Waals surface area (Å²) in [6, 6.07) is 0. The average molecular weight is 319 g/mol. The van der Waals surface area contributed by atoms with E-state index in [2.05, 4.69) is 48.1 Å². The predicted molar refractivity (Wildman–Crippen MR) is 103 cm³/mol. The van der Waals surface area contributed by atoms with Gasteiger partial charge in [-0.3, -0.25) is 0 Å². The lowest BCUT2D eigenvalue weighted by Gasteiger charge is -2.41. The molecule has 0 aromatic carbocycles. The van der Waals surface area contributed by atoms with Gasteiger partial charge in [0.05, 0.1) is 0 Å². The van der Waals surface area contributed by atoms with Crippen molar-refractivity contribution in [1.82, 2.24) is 0 Å². The molecule has 2 fully saturated rings. The minimum atomic E-state index is 0.531. The zero-order valence-corrected chi connectivity index (χ0v) is 16.8. The van der Waals surface area contributed by atoms with Gasteiger partial charge in [0.25, 0.3) is 0 Å². The van der Waals surface area contributed by atoms with Gasteiger partial charge in [0.1, 0.15) is 0 Å². The fourth-order valence-electron chi connectivity index (χ4n) is 6.14. The van der Waals surface area contributed by atoms with Crippen molar-refractivity contribution in [3.8, 4) is 0 Å². The Morgan fingerprint density at radius 2 is 1.74 bits per heavy atom. The maximum absolute atomic E-state index is 4.31. The van der Waals surface area contributed by atoms with E-state index < -0.39 is 0 Å². The fraction of sp³-hybridized carbons (Fsp3) is 0.913. The van der Waals surface area contributed by atoms with Crippen molar-refractivity contribution in [2.24, 2.45) is 40.9 Å². The van der Waals surface area contributed by atoms with Gasteiger partial charge in [-0.1, -0.05) is 59.6 Å². The molecule has 0 spiro atoms. The minimum absolute atomic E-state index is 0.531. The van der Waals surface area contributed by atoms with Gasteiger partial charge in [-0.15, -0.1) is 0 Å². The predicted octanol–water partition coefficient (Wildman–Crippen LogP) is 7.49. The molecule has 0 amide bonds. The molecule has 6 unspecified atom stereocenters. The Morgan fingerprint density at radius 1 is 1.04 bits per heavy atom. The summed E-state index contributed by atoms with van der Waals surface area (Å²) >= 11 is 0. The van der Waals surface area contributed by atoms with Crippen molar-refractivity contribution >= 4 is 0 Å². The summed E-state index contributed by atoms with van der Waals surface area (Å²) < 4.78 is 0. The van der Waals surface area contributed by atoms with Gasteiger partial charge in [0.2, 0.25) is 0 Å². The average Bonchev–Trinajstić information content (AvgIpc) is 2.84. The third kappa shape index (κ3) is 4.23. The zero-order chi connectivity index (χ0) is 17.2. The van der Waals surface area contributed by atoms with Crippen LogP contribution in [0.4, 0.5) is 0 Å². The van der Waals surface area contributed by atoms with Crippen LogP contribution in [0, 0.1) is 40.9 Å². The lowest BCUT2D eigenvalue weighted by atomic mass is 9.64. The van der Waals surface area contributed by atoms with Gasteiger partial charge in [-0.05, 0) is 86.4 Å². The largest absolute Gasteiger partial charge is 0.0999 e. The first-order valence-corrected chi connectivity index (χ1v) is 10.5. The number of hydrogen-bond acceptors (Lipinski definition) is 0. The van der Waals surface area contributed by atoms with Crippen molar-refractivity contribution in [3.63, 3.8) is 0 Å². The molecule has 0 aromatic heterocycles. The molecule has 0 saturated heterocycles. The summed E-state index contributed by atoms with van der Waals surface area (Å²) in [7, 11) is 0. The van der Waals surface area contributed by atoms with E-state index in [-0.39, 0.29) is 0 Å². The number of fused-ring (bicyclic) bond motifs is 1. The number of hydrogen-bond donors (Lipinski definition) is 0. The van der Waals surface area contributed by atoms with E-state index in [1.54, 1.807) is 0 Å². The summed E-state index contributed by atoms with van der Waals surface area (Å²) in [5.74, 6) is 5.75. The Bertz CT molecular complexity index is 391. The van der Waals surface area contributed by atoms with Crippen LogP contribution >= 0.6 is 0 Å². The summed E-state index contributed by atoms with van der Waals surface area (Å²) in [6.07, 6.45) is 11.5. The van der Waals surface area contributed by atoms with E-state index in [0.717, 1.165) is 35.5 Å². The van der Waals surface area contributed by atoms with Crippen LogP contribution in [0.3, 0.4) is 0 Å². The van der Waals surface area contributed by atoms with Crippen molar-refractivity contribution in [3.05, 3.63) is 12.2 Å². The second-order valence-electron chi connectivity index (χ2n) is 9.65. The standard InChI is InChI=1S/C23H42/c1-8-17-13-19(15-23(6,7)10-3)22-14-18(11-12-21(17)22)20(9-2)16(4)5/h17-22H,4,8-15H2,1-3,5-7H3. The monoisotopic (exact) mass is 318 g/mol. The number of allylic oxidation sites excluding steroid dienone is 1. The fourth-order valence-corrected chi connectivity index (χ4v) is 6.14. The molecule has 23 heavy (non-hydrogen) atoms. The molecule has 2 aliphatic rings. The molecule has 6 atom stereocenters. The summed E-state index contributed by atoms with van der Waals surface area (Å²) in [5.41, 5.74) is 1.97. The Labute approximate surface area is 146 Å². The summed E-state index contributed by atoms with van der Waals surface area (Å²) in [6.45, 7) is 18.7. The highest BCUT2D eigenvalue weighted by molar-refractivity contribution is 5.03. The van der Waals surface area contributed by atoms with E-state index in [9.17, 15) is 0 Å². The van der Waals surface area contributed by atoms with Crippen LogP contribution in [-0.2, 0) is 0 Å². The molecule has 0 aliphatic heterocycles. The normalized spacial score (nSPS) is 35.8. The van der Waals surface area contributed by atoms with Crippen LogP contribution in [0.5, 0.6) is 0 Å². The molecule has 0 aromatic rings. The first-order chi connectivity index (χ1) is 10.8. The van der Waals surface area contributed by atoms with E-state index in [1.165, 1.54) is 56.9 Å². The second kappa shape index (κ2) is 7.75. The van der Waals surface area contributed by atoms with Gasteiger partial charge in [-0.25, -0.2) is 0 Å². The molecule has 0 heteroatoms. The second-order valence-corrected chi connectivity index (χ2v) is 9.65.